The zero-order valence-corrected chi connectivity index (χ0v) is 11.2. The standard InChI is InChI=1S/C12H24N2OS/c1-3-16-8-6-10(2)14-12(15)9-11-5-4-7-13-11/h10-11,13H,3-9H2,1-2H3,(H,14,15). The summed E-state index contributed by atoms with van der Waals surface area (Å²) in [6.07, 6.45) is 4.07. The monoisotopic (exact) mass is 244 g/mol. The quantitative estimate of drug-likeness (QED) is 0.671. The van der Waals surface area contributed by atoms with E-state index < -0.39 is 0 Å². The largest absolute Gasteiger partial charge is 0.354 e. The van der Waals surface area contributed by atoms with E-state index in [1.807, 2.05) is 11.8 Å². The molecule has 1 aliphatic heterocycles. The number of thioether (sulfide) groups is 1. The summed E-state index contributed by atoms with van der Waals surface area (Å²) in [5, 5.41) is 6.42. The van der Waals surface area contributed by atoms with Gasteiger partial charge in [-0.25, -0.2) is 0 Å². The van der Waals surface area contributed by atoms with E-state index in [0.29, 0.717) is 18.5 Å². The highest BCUT2D eigenvalue weighted by atomic mass is 32.2. The number of amides is 1. The third-order valence-electron chi connectivity index (χ3n) is 2.90. The molecule has 1 heterocycles. The van der Waals surface area contributed by atoms with Crippen molar-refractivity contribution in [1.29, 1.82) is 0 Å². The minimum atomic E-state index is 0.202. The summed E-state index contributed by atoms with van der Waals surface area (Å²) < 4.78 is 0. The lowest BCUT2D eigenvalue weighted by molar-refractivity contribution is -0.122. The number of hydrogen-bond donors (Lipinski definition) is 2. The number of nitrogens with one attached hydrogen (secondary N) is 2. The summed E-state index contributed by atoms with van der Waals surface area (Å²) in [6.45, 7) is 5.33. The minimum absolute atomic E-state index is 0.202. The first-order valence-electron chi connectivity index (χ1n) is 6.33. The van der Waals surface area contributed by atoms with E-state index in [-0.39, 0.29) is 5.91 Å². The van der Waals surface area contributed by atoms with Crippen molar-refractivity contribution in [3.8, 4) is 0 Å². The average Bonchev–Trinajstić information content (AvgIpc) is 2.70. The van der Waals surface area contributed by atoms with Crippen LogP contribution in [0.2, 0.25) is 0 Å². The Bertz CT molecular complexity index is 205. The Morgan fingerprint density at radius 1 is 1.62 bits per heavy atom. The van der Waals surface area contributed by atoms with Gasteiger partial charge in [0.15, 0.2) is 0 Å². The second kappa shape index (κ2) is 7.96. The van der Waals surface area contributed by atoms with Crippen molar-refractivity contribution < 1.29 is 4.79 Å². The van der Waals surface area contributed by atoms with Crippen LogP contribution in [0.15, 0.2) is 0 Å². The first kappa shape index (κ1) is 13.8. The molecule has 4 heteroatoms. The fourth-order valence-corrected chi connectivity index (χ4v) is 2.77. The SMILES string of the molecule is CCSCCC(C)NC(=O)CC1CCCN1. The molecular weight excluding hydrogens is 220 g/mol. The molecule has 1 saturated heterocycles. The second-order valence-corrected chi connectivity index (χ2v) is 5.85. The molecule has 0 radical (unpaired) electrons. The number of rotatable bonds is 7. The lowest BCUT2D eigenvalue weighted by Crippen LogP contribution is -2.37. The fourth-order valence-electron chi connectivity index (χ4n) is 1.97. The summed E-state index contributed by atoms with van der Waals surface area (Å²) in [4.78, 5) is 11.7. The third kappa shape index (κ3) is 5.75. The maximum absolute atomic E-state index is 11.7. The van der Waals surface area contributed by atoms with E-state index in [2.05, 4.69) is 24.5 Å². The molecule has 16 heavy (non-hydrogen) atoms. The van der Waals surface area contributed by atoms with Crippen LogP contribution in [0, 0.1) is 0 Å². The molecule has 1 fully saturated rings. The van der Waals surface area contributed by atoms with Gasteiger partial charge in [0.1, 0.15) is 0 Å². The predicted molar refractivity (Wildman–Crippen MR) is 70.9 cm³/mol. The second-order valence-electron chi connectivity index (χ2n) is 4.45. The van der Waals surface area contributed by atoms with Gasteiger partial charge in [-0.05, 0) is 44.2 Å². The first-order chi connectivity index (χ1) is 7.72. The average molecular weight is 244 g/mol. The van der Waals surface area contributed by atoms with Gasteiger partial charge in [-0.15, -0.1) is 0 Å². The predicted octanol–water partition coefficient (Wildman–Crippen LogP) is 1.78. The highest BCUT2D eigenvalue weighted by Crippen LogP contribution is 2.09. The zero-order valence-electron chi connectivity index (χ0n) is 10.4. The molecule has 2 atom stereocenters. The Morgan fingerprint density at radius 2 is 2.44 bits per heavy atom. The number of carbonyl (C=O) groups is 1. The number of carbonyl (C=O) groups excluding carboxylic acids is 1. The first-order valence-corrected chi connectivity index (χ1v) is 7.48. The highest BCUT2D eigenvalue weighted by Gasteiger charge is 2.18. The Labute approximate surface area is 103 Å². The number of hydrogen-bond acceptors (Lipinski definition) is 3. The molecule has 0 spiro atoms. The highest BCUT2D eigenvalue weighted by molar-refractivity contribution is 7.99. The molecule has 0 saturated carbocycles. The van der Waals surface area contributed by atoms with Crippen molar-refractivity contribution in [3.05, 3.63) is 0 Å². The van der Waals surface area contributed by atoms with Crippen LogP contribution >= 0.6 is 11.8 Å². The van der Waals surface area contributed by atoms with Crippen molar-refractivity contribution in [2.24, 2.45) is 0 Å². The van der Waals surface area contributed by atoms with E-state index in [1.165, 1.54) is 6.42 Å². The molecule has 1 amide bonds. The molecular formula is C12H24N2OS. The smallest absolute Gasteiger partial charge is 0.221 e. The van der Waals surface area contributed by atoms with Crippen molar-refractivity contribution in [2.45, 2.75) is 51.6 Å². The maximum Gasteiger partial charge on any atom is 0.221 e. The minimum Gasteiger partial charge on any atom is -0.354 e. The molecule has 1 rings (SSSR count). The van der Waals surface area contributed by atoms with Crippen LogP contribution < -0.4 is 10.6 Å². The third-order valence-corrected chi connectivity index (χ3v) is 3.83. The Balaban J connectivity index is 2.07. The van der Waals surface area contributed by atoms with Crippen molar-refractivity contribution in [2.75, 3.05) is 18.1 Å². The molecule has 2 unspecified atom stereocenters. The summed E-state index contributed by atoms with van der Waals surface area (Å²) in [5.41, 5.74) is 0. The van der Waals surface area contributed by atoms with Crippen LogP contribution in [0.5, 0.6) is 0 Å². The molecule has 94 valence electrons. The molecule has 0 aromatic rings. The van der Waals surface area contributed by atoms with Crippen molar-refractivity contribution in [3.63, 3.8) is 0 Å². The van der Waals surface area contributed by atoms with Crippen LogP contribution in [-0.4, -0.2) is 36.0 Å². The van der Waals surface area contributed by atoms with Crippen molar-refractivity contribution >= 4 is 17.7 Å². The Morgan fingerprint density at radius 3 is 3.06 bits per heavy atom. The van der Waals surface area contributed by atoms with E-state index in [9.17, 15) is 4.79 Å². The lowest BCUT2D eigenvalue weighted by atomic mass is 10.1. The summed E-state index contributed by atoms with van der Waals surface area (Å²) in [5.74, 6) is 2.50. The van der Waals surface area contributed by atoms with Crippen LogP contribution in [0.25, 0.3) is 0 Å². The fraction of sp³-hybridized carbons (Fsp3) is 0.917. The maximum atomic E-state index is 11.7. The molecule has 1 aliphatic rings. The van der Waals surface area contributed by atoms with Crippen LogP contribution in [0.1, 0.15) is 39.5 Å². The van der Waals surface area contributed by atoms with Gasteiger partial charge in [0.25, 0.3) is 0 Å². The van der Waals surface area contributed by atoms with Gasteiger partial charge in [0.05, 0.1) is 0 Å². The normalized spacial score (nSPS) is 22.0. The van der Waals surface area contributed by atoms with Crippen LogP contribution in [0.3, 0.4) is 0 Å². The molecule has 0 aromatic carbocycles. The topological polar surface area (TPSA) is 41.1 Å². The van der Waals surface area contributed by atoms with Gasteiger partial charge < -0.3 is 10.6 Å². The van der Waals surface area contributed by atoms with E-state index >= 15 is 0 Å². The van der Waals surface area contributed by atoms with Gasteiger partial charge in [0.2, 0.25) is 5.91 Å². The van der Waals surface area contributed by atoms with E-state index in [4.69, 9.17) is 0 Å². The molecule has 0 bridgehead atoms. The van der Waals surface area contributed by atoms with E-state index in [1.54, 1.807) is 0 Å². The Kier molecular flexibility index (Phi) is 6.88. The van der Waals surface area contributed by atoms with Crippen LogP contribution in [0.4, 0.5) is 0 Å². The zero-order chi connectivity index (χ0) is 11.8. The summed E-state index contributed by atoms with van der Waals surface area (Å²) in [6, 6.07) is 0.727. The molecule has 3 nitrogen and oxygen atoms in total. The molecule has 0 aromatic heterocycles. The van der Waals surface area contributed by atoms with Crippen LogP contribution in [-0.2, 0) is 4.79 Å². The van der Waals surface area contributed by atoms with Gasteiger partial charge in [-0.1, -0.05) is 6.92 Å². The van der Waals surface area contributed by atoms with Crippen molar-refractivity contribution in [1.82, 2.24) is 10.6 Å². The van der Waals surface area contributed by atoms with Gasteiger partial charge >= 0.3 is 0 Å². The molecule has 0 aliphatic carbocycles. The van der Waals surface area contributed by atoms with E-state index in [0.717, 1.165) is 30.9 Å². The van der Waals surface area contributed by atoms with Gasteiger partial charge in [-0.3, -0.25) is 4.79 Å². The summed E-state index contributed by atoms with van der Waals surface area (Å²) in [7, 11) is 0. The van der Waals surface area contributed by atoms with Gasteiger partial charge in [0, 0.05) is 18.5 Å². The molecule has 2 N–H and O–H groups in total. The van der Waals surface area contributed by atoms with Gasteiger partial charge in [-0.2, -0.15) is 11.8 Å². The summed E-state index contributed by atoms with van der Waals surface area (Å²) >= 11 is 1.93. The lowest BCUT2D eigenvalue weighted by Gasteiger charge is -2.15. The Hall–Kier alpha value is -0.220.